The molecule has 150 valence electrons. The smallest absolute Gasteiger partial charge is 0.338 e. The van der Waals surface area contributed by atoms with Gasteiger partial charge < -0.3 is 10.1 Å². The summed E-state index contributed by atoms with van der Waals surface area (Å²) in [4.78, 5) is 24.3. The van der Waals surface area contributed by atoms with Crippen LogP contribution in [0.4, 0.5) is 0 Å². The molecule has 2 rings (SSSR count). The Labute approximate surface area is 165 Å². The average Bonchev–Trinajstić information content (AvgIpc) is 2.72. The Morgan fingerprint density at radius 3 is 2.43 bits per heavy atom. The van der Waals surface area contributed by atoms with E-state index < -0.39 is 28.5 Å². The standard InChI is InChI=1S/C20H24N2O5S/c1-3-8-18(15-9-5-4-6-10-15)22-19(23)14-27-20(24)16-11-7-12-17(13-16)28(25,26)21-2/h4-7,9-13,18,21H,3,8,14H2,1-2H3,(H,22,23)/t18-/m1/s1. The van der Waals surface area contributed by atoms with E-state index in [4.69, 9.17) is 4.74 Å². The number of carbonyl (C=O) groups is 2. The predicted octanol–water partition coefficient (Wildman–Crippen LogP) is 2.41. The highest BCUT2D eigenvalue weighted by atomic mass is 32.2. The fourth-order valence-corrected chi connectivity index (χ4v) is 3.43. The Morgan fingerprint density at radius 2 is 1.79 bits per heavy atom. The van der Waals surface area contributed by atoms with E-state index in [0.29, 0.717) is 0 Å². The molecule has 2 aromatic carbocycles. The summed E-state index contributed by atoms with van der Waals surface area (Å²) < 4.78 is 30.9. The fourth-order valence-electron chi connectivity index (χ4n) is 2.65. The first-order valence-electron chi connectivity index (χ1n) is 8.92. The highest BCUT2D eigenvalue weighted by molar-refractivity contribution is 7.89. The number of ether oxygens (including phenoxy) is 1. The van der Waals surface area contributed by atoms with Gasteiger partial charge in [0.15, 0.2) is 6.61 Å². The van der Waals surface area contributed by atoms with Gasteiger partial charge in [-0.1, -0.05) is 49.7 Å². The molecule has 0 spiro atoms. The van der Waals surface area contributed by atoms with E-state index in [1.165, 1.54) is 31.3 Å². The summed E-state index contributed by atoms with van der Waals surface area (Å²) in [5.41, 5.74) is 1.03. The number of nitrogens with one attached hydrogen (secondary N) is 2. The van der Waals surface area contributed by atoms with Crippen LogP contribution in [0.3, 0.4) is 0 Å². The number of hydrogen-bond acceptors (Lipinski definition) is 5. The van der Waals surface area contributed by atoms with Gasteiger partial charge in [0, 0.05) is 0 Å². The predicted molar refractivity (Wildman–Crippen MR) is 105 cm³/mol. The molecule has 0 radical (unpaired) electrons. The number of rotatable bonds is 9. The lowest BCUT2D eigenvalue weighted by molar-refractivity contribution is -0.125. The second kappa shape index (κ2) is 10.0. The topological polar surface area (TPSA) is 102 Å². The van der Waals surface area contributed by atoms with Crippen LogP contribution in [0.2, 0.25) is 0 Å². The van der Waals surface area contributed by atoms with Gasteiger partial charge in [-0.05, 0) is 37.2 Å². The minimum Gasteiger partial charge on any atom is -0.452 e. The summed E-state index contributed by atoms with van der Waals surface area (Å²) in [5.74, 6) is -1.19. The van der Waals surface area contributed by atoms with Crippen LogP contribution in [-0.2, 0) is 19.6 Å². The molecule has 0 aliphatic carbocycles. The minimum absolute atomic E-state index is 0.0530. The second-order valence-electron chi connectivity index (χ2n) is 6.13. The Bertz CT molecular complexity index is 913. The molecular formula is C20H24N2O5S. The van der Waals surface area contributed by atoms with Crippen LogP contribution in [0.15, 0.2) is 59.5 Å². The van der Waals surface area contributed by atoms with Crippen molar-refractivity contribution < 1.29 is 22.7 Å². The summed E-state index contributed by atoms with van der Waals surface area (Å²) in [6.45, 7) is 1.57. The fraction of sp³-hybridized carbons (Fsp3) is 0.300. The maximum absolute atomic E-state index is 12.2. The van der Waals surface area contributed by atoms with E-state index in [-0.39, 0.29) is 16.5 Å². The van der Waals surface area contributed by atoms with Gasteiger partial charge >= 0.3 is 5.97 Å². The first kappa shape index (κ1) is 21.6. The normalized spacial score (nSPS) is 12.2. The van der Waals surface area contributed by atoms with Crippen LogP contribution in [-0.4, -0.2) is 33.9 Å². The van der Waals surface area contributed by atoms with Gasteiger partial charge in [0.05, 0.1) is 16.5 Å². The number of benzene rings is 2. The molecule has 0 aliphatic heterocycles. The Morgan fingerprint density at radius 1 is 1.07 bits per heavy atom. The first-order chi connectivity index (χ1) is 13.4. The number of sulfonamides is 1. The molecule has 0 bridgehead atoms. The van der Waals surface area contributed by atoms with E-state index in [2.05, 4.69) is 10.0 Å². The number of amides is 1. The third-order valence-electron chi connectivity index (χ3n) is 4.10. The van der Waals surface area contributed by atoms with E-state index in [1.54, 1.807) is 0 Å². The van der Waals surface area contributed by atoms with Gasteiger partial charge in [-0.25, -0.2) is 17.9 Å². The Kier molecular flexibility index (Phi) is 7.71. The van der Waals surface area contributed by atoms with Gasteiger partial charge in [-0.15, -0.1) is 0 Å². The lowest BCUT2D eigenvalue weighted by atomic mass is 10.0. The van der Waals surface area contributed by atoms with Crippen molar-refractivity contribution in [2.24, 2.45) is 0 Å². The van der Waals surface area contributed by atoms with Gasteiger partial charge in [0.2, 0.25) is 10.0 Å². The van der Waals surface area contributed by atoms with Gasteiger partial charge in [0.1, 0.15) is 0 Å². The highest BCUT2D eigenvalue weighted by Gasteiger charge is 2.18. The Hall–Kier alpha value is -2.71. The second-order valence-corrected chi connectivity index (χ2v) is 8.02. The van der Waals surface area contributed by atoms with Crippen molar-refractivity contribution in [3.05, 3.63) is 65.7 Å². The molecule has 28 heavy (non-hydrogen) atoms. The van der Waals surface area contributed by atoms with Crippen LogP contribution in [0.5, 0.6) is 0 Å². The maximum atomic E-state index is 12.2. The van der Waals surface area contributed by atoms with Crippen molar-refractivity contribution in [2.45, 2.75) is 30.7 Å². The molecule has 2 aromatic rings. The van der Waals surface area contributed by atoms with Crippen molar-refractivity contribution in [3.8, 4) is 0 Å². The zero-order valence-corrected chi connectivity index (χ0v) is 16.7. The molecule has 0 aromatic heterocycles. The zero-order valence-electron chi connectivity index (χ0n) is 15.8. The van der Waals surface area contributed by atoms with E-state index in [9.17, 15) is 18.0 Å². The van der Waals surface area contributed by atoms with E-state index >= 15 is 0 Å². The van der Waals surface area contributed by atoms with Crippen LogP contribution in [0.25, 0.3) is 0 Å². The van der Waals surface area contributed by atoms with Crippen molar-refractivity contribution in [3.63, 3.8) is 0 Å². The lowest BCUT2D eigenvalue weighted by Crippen LogP contribution is -2.32. The summed E-state index contributed by atoms with van der Waals surface area (Å²) in [7, 11) is -2.39. The number of esters is 1. The molecule has 0 unspecified atom stereocenters. The average molecular weight is 404 g/mol. The largest absolute Gasteiger partial charge is 0.452 e. The summed E-state index contributed by atoms with van der Waals surface area (Å²) in [6.07, 6.45) is 1.64. The molecule has 0 saturated carbocycles. The quantitative estimate of drug-likeness (QED) is 0.625. The molecule has 2 N–H and O–H groups in total. The molecule has 1 atom stereocenters. The molecular weight excluding hydrogens is 380 g/mol. The molecule has 0 aliphatic rings. The van der Waals surface area contributed by atoms with Crippen LogP contribution in [0.1, 0.15) is 41.7 Å². The van der Waals surface area contributed by atoms with Crippen molar-refractivity contribution in [1.82, 2.24) is 10.0 Å². The molecule has 7 nitrogen and oxygen atoms in total. The van der Waals surface area contributed by atoms with Crippen LogP contribution < -0.4 is 10.0 Å². The molecule has 0 heterocycles. The van der Waals surface area contributed by atoms with Gasteiger partial charge in [-0.2, -0.15) is 0 Å². The molecule has 8 heteroatoms. The van der Waals surface area contributed by atoms with E-state index in [0.717, 1.165) is 18.4 Å². The molecule has 0 saturated heterocycles. The van der Waals surface area contributed by atoms with Crippen LogP contribution >= 0.6 is 0 Å². The zero-order chi connectivity index (χ0) is 20.6. The number of carbonyl (C=O) groups excluding carboxylic acids is 2. The maximum Gasteiger partial charge on any atom is 0.338 e. The minimum atomic E-state index is -3.68. The number of hydrogen-bond donors (Lipinski definition) is 2. The van der Waals surface area contributed by atoms with Crippen molar-refractivity contribution in [2.75, 3.05) is 13.7 Å². The third kappa shape index (κ3) is 5.90. The highest BCUT2D eigenvalue weighted by Crippen LogP contribution is 2.18. The monoisotopic (exact) mass is 404 g/mol. The summed E-state index contributed by atoms with van der Waals surface area (Å²) in [6, 6.07) is 14.8. The first-order valence-corrected chi connectivity index (χ1v) is 10.4. The molecule has 0 fully saturated rings. The Balaban J connectivity index is 1.98. The van der Waals surface area contributed by atoms with Crippen LogP contribution in [0, 0.1) is 0 Å². The van der Waals surface area contributed by atoms with Gasteiger partial charge in [-0.3, -0.25) is 4.79 Å². The molecule has 1 amide bonds. The van der Waals surface area contributed by atoms with Crippen molar-refractivity contribution >= 4 is 21.9 Å². The summed E-state index contributed by atoms with van der Waals surface area (Å²) in [5, 5.41) is 2.86. The SMILES string of the molecule is CCC[C@@H](NC(=O)COC(=O)c1cccc(S(=O)(=O)NC)c1)c1ccccc1. The summed E-state index contributed by atoms with van der Waals surface area (Å²) >= 11 is 0. The van der Waals surface area contributed by atoms with E-state index in [1.807, 2.05) is 37.3 Å². The van der Waals surface area contributed by atoms with Crippen molar-refractivity contribution in [1.29, 1.82) is 0 Å². The van der Waals surface area contributed by atoms with Gasteiger partial charge in [0.25, 0.3) is 5.91 Å². The third-order valence-corrected chi connectivity index (χ3v) is 5.51. The lowest BCUT2D eigenvalue weighted by Gasteiger charge is -2.18.